The van der Waals surface area contributed by atoms with Gasteiger partial charge in [-0.05, 0) is 18.2 Å². The van der Waals surface area contributed by atoms with E-state index in [0.29, 0.717) is 10.7 Å². The van der Waals surface area contributed by atoms with Gasteiger partial charge in [0.05, 0.1) is 17.3 Å². The molecule has 0 heterocycles. The molecule has 0 atom stereocenters. The van der Waals surface area contributed by atoms with Crippen molar-refractivity contribution in [1.82, 2.24) is 0 Å². The number of anilines is 1. The molecule has 3 N–H and O–H groups in total. The van der Waals surface area contributed by atoms with Gasteiger partial charge in [-0.25, -0.2) is 0 Å². The van der Waals surface area contributed by atoms with E-state index in [0.717, 1.165) is 4.47 Å². The minimum Gasteiger partial charge on any atom is -0.375 e. The highest BCUT2D eigenvalue weighted by Gasteiger charge is 2.01. The van der Waals surface area contributed by atoms with Crippen molar-refractivity contribution in [3.05, 3.63) is 27.7 Å². The molecule has 1 aromatic rings. The van der Waals surface area contributed by atoms with Crippen LogP contribution in [0.5, 0.6) is 0 Å². The van der Waals surface area contributed by atoms with Crippen LogP contribution in [0.2, 0.25) is 5.02 Å². The molecule has 0 fully saturated rings. The molecule has 5 heteroatoms. The van der Waals surface area contributed by atoms with Crippen molar-refractivity contribution in [3.8, 4) is 0 Å². The lowest BCUT2D eigenvalue weighted by molar-refractivity contribution is -0.116. The van der Waals surface area contributed by atoms with Crippen molar-refractivity contribution < 1.29 is 4.79 Å². The lowest BCUT2D eigenvalue weighted by atomic mass is 10.3. The summed E-state index contributed by atoms with van der Waals surface area (Å²) in [7, 11) is 0. The fourth-order valence-corrected chi connectivity index (χ4v) is 1.36. The van der Waals surface area contributed by atoms with Gasteiger partial charge in [-0.2, -0.15) is 0 Å². The summed E-state index contributed by atoms with van der Waals surface area (Å²) in [6.45, 7) is 0.0795. The van der Waals surface area contributed by atoms with E-state index in [2.05, 4.69) is 21.2 Å². The molecule has 0 spiro atoms. The number of carbonyl (C=O) groups excluding carboxylic acids is 1. The summed E-state index contributed by atoms with van der Waals surface area (Å²) in [5.74, 6) is -0.420. The van der Waals surface area contributed by atoms with Gasteiger partial charge in [0.25, 0.3) is 0 Å². The second-order valence-corrected chi connectivity index (χ2v) is 3.77. The van der Waals surface area contributed by atoms with Crippen molar-refractivity contribution in [2.45, 2.75) is 0 Å². The molecule has 0 saturated heterocycles. The molecule has 0 bridgehead atoms. The lowest BCUT2D eigenvalue weighted by Gasteiger charge is -2.06. The number of hydrogen-bond donors (Lipinski definition) is 2. The largest absolute Gasteiger partial charge is 0.375 e. The Bertz CT molecular complexity index is 330. The van der Waals surface area contributed by atoms with Crippen LogP contribution in [0.3, 0.4) is 0 Å². The first kappa shape index (κ1) is 10.3. The van der Waals surface area contributed by atoms with E-state index in [-0.39, 0.29) is 6.54 Å². The highest BCUT2D eigenvalue weighted by Crippen LogP contribution is 2.25. The van der Waals surface area contributed by atoms with Crippen molar-refractivity contribution >= 4 is 39.1 Å². The van der Waals surface area contributed by atoms with E-state index in [1.165, 1.54) is 0 Å². The summed E-state index contributed by atoms with van der Waals surface area (Å²) in [4.78, 5) is 10.5. The molecule has 70 valence electrons. The number of benzene rings is 1. The SMILES string of the molecule is NC(=O)CNc1cc(Br)ccc1Cl. The van der Waals surface area contributed by atoms with Gasteiger partial charge in [-0.15, -0.1) is 0 Å². The Labute approximate surface area is 89.4 Å². The predicted octanol–water partition coefficient (Wildman–Crippen LogP) is 2.00. The van der Waals surface area contributed by atoms with Crippen LogP contribution < -0.4 is 11.1 Å². The molecule has 0 aliphatic heterocycles. The summed E-state index contributed by atoms with van der Waals surface area (Å²) in [6, 6.07) is 5.33. The topological polar surface area (TPSA) is 55.1 Å². The average molecular weight is 264 g/mol. The lowest BCUT2D eigenvalue weighted by Crippen LogP contribution is -2.21. The van der Waals surface area contributed by atoms with Crippen molar-refractivity contribution in [3.63, 3.8) is 0 Å². The van der Waals surface area contributed by atoms with Gasteiger partial charge < -0.3 is 11.1 Å². The zero-order valence-electron chi connectivity index (χ0n) is 6.68. The van der Waals surface area contributed by atoms with Crippen LogP contribution in [0.1, 0.15) is 0 Å². The van der Waals surface area contributed by atoms with Gasteiger partial charge in [-0.1, -0.05) is 27.5 Å². The molecule has 3 nitrogen and oxygen atoms in total. The number of carbonyl (C=O) groups is 1. The number of rotatable bonds is 3. The fraction of sp³-hybridized carbons (Fsp3) is 0.125. The third-order valence-corrected chi connectivity index (χ3v) is 2.20. The molecular formula is C8H8BrClN2O. The molecule has 0 aliphatic rings. The zero-order valence-corrected chi connectivity index (χ0v) is 9.02. The highest BCUT2D eigenvalue weighted by molar-refractivity contribution is 9.10. The van der Waals surface area contributed by atoms with Crippen LogP contribution in [0.25, 0.3) is 0 Å². The number of nitrogens with two attached hydrogens (primary N) is 1. The maximum Gasteiger partial charge on any atom is 0.236 e. The Morgan fingerprint density at radius 3 is 2.92 bits per heavy atom. The Morgan fingerprint density at radius 2 is 2.31 bits per heavy atom. The Kier molecular flexibility index (Phi) is 3.57. The first-order valence-corrected chi connectivity index (χ1v) is 4.74. The van der Waals surface area contributed by atoms with Crippen LogP contribution in [-0.4, -0.2) is 12.5 Å². The highest BCUT2D eigenvalue weighted by atomic mass is 79.9. The van der Waals surface area contributed by atoms with Gasteiger partial charge in [0.1, 0.15) is 0 Å². The van der Waals surface area contributed by atoms with Gasteiger partial charge in [-0.3, -0.25) is 4.79 Å². The summed E-state index contributed by atoms with van der Waals surface area (Å²) >= 11 is 9.13. The summed E-state index contributed by atoms with van der Waals surface area (Å²) in [5, 5.41) is 3.38. The number of hydrogen-bond acceptors (Lipinski definition) is 2. The van der Waals surface area contributed by atoms with Gasteiger partial charge in [0, 0.05) is 4.47 Å². The molecule has 0 saturated carbocycles. The van der Waals surface area contributed by atoms with Gasteiger partial charge in [0.15, 0.2) is 0 Å². The van der Waals surface area contributed by atoms with E-state index < -0.39 is 5.91 Å². The average Bonchev–Trinajstić information content (AvgIpc) is 2.06. The molecule has 1 aromatic carbocycles. The van der Waals surface area contributed by atoms with E-state index in [1.807, 2.05) is 6.07 Å². The number of primary amides is 1. The first-order chi connectivity index (χ1) is 6.09. The monoisotopic (exact) mass is 262 g/mol. The Morgan fingerprint density at radius 1 is 1.62 bits per heavy atom. The third kappa shape index (κ3) is 3.24. The van der Waals surface area contributed by atoms with Crippen LogP contribution in [0.4, 0.5) is 5.69 Å². The maximum absolute atomic E-state index is 10.5. The van der Waals surface area contributed by atoms with Crippen molar-refractivity contribution in [1.29, 1.82) is 0 Å². The third-order valence-electron chi connectivity index (χ3n) is 1.38. The second-order valence-electron chi connectivity index (χ2n) is 2.44. The smallest absolute Gasteiger partial charge is 0.236 e. The summed E-state index contributed by atoms with van der Waals surface area (Å²) in [5.41, 5.74) is 5.66. The van der Waals surface area contributed by atoms with Crippen LogP contribution in [0.15, 0.2) is 22.7 Å². The van der Waals surface area contributed by atoms with Gasteiger partial charge in [0.2, 0.25) is 5.91 Å². The molecule has 0 aromatic heterocycles. The molecule has 13 heavy (non-hydrogen) atoms. The zero-order chi connectivity index (χ0) is 9.84. The number of nitrogens with one attached hydrogen (secondary N) is 1. The number of halogens is 2. The molecule has 1 amide bonds. The van der Waals surface area contributed by atoms with E-state index >= 15 is 0 Å². The van der Waals surface area contributed by atoms with Crippen LogP contribution in [0, 0.1) is 0 Å². The van der Waals surface area contributed by atoms with E-state index in [9.17, 15) is 4.79 Å². The van der Waals surface area contributed by atoms with Crippen LogP contribution in [-0.2, 0) is 4.79 Å². The van der Waals surface area contributed by atoms with E-state index in [4.69, 9.17) is 17.3 Å². The molecule has 0 unspecified atom stereocenters. The Hall–Kier alpha value is -0.740. The minimum absolute atomic E-state index is 0.0795. The normalized spacial score (nSPS) is 9.69. The van der Waals surface area contributed by atoms with Crippen molar-refractivity contribution in [2.24, 2.45) is 5.73 Å². The molecular weight excluding hydrogens is 255 g/mol. The second kappa shape index (κ2) is 4.48. The fourth-order valence-electron chi connectivity index (χ4n) is 0.815. The number of amides is 1. The molecule has 1 rings (SSSR count). The maximum atomic E-state index is 10.5. The quantitative estimate of drug-likeness (QED) is 0.876. The molecule has 0 aliphatic carbocycles. The van der Waals surface area contributed by atoms with Crippen molar-refractivity contribution in [2.75, 3.05) is 11.9 Å². The first-order valence-electron chi connectivity index (χ1n) is 3.57. The Balaban J connectivity index is 2.75. The standard InChI is InChI=1S/C8H8BrClN2O/c9-5-1-2-6(10)7(3-5)12-4-8(11)13/h1-3,12H,4H2,(H2,11,13). The van der Waals surface area contributed by atoms with Gasteiger partial charge >= 0.3 is 0 Å². The minimum atomic E-state index is -0.420. The summed E-state index contributed by atoms with van der Waals surface area (Å²) < 4.78 is 0.892. The van der Waals surface area contributed by atoms with E-state index in [1.54, 1.807) is 12.1 Å². The summed E-state index contributed by atoms with van der Waals surface area (Å²) in [6.07, 6.45) is 0. The van der Waals surface area contributed by atoms with Crippen LogP contribution >= 0.6 is 27.5 Å². The molecule has 0 radical (unpaired) electrons. The predicted molar refractivity (Wildman–Crippen MR) is 56.8 cm³/mol.